The summed E-state index contributed by atoms with van der Waals surface area (Å²) in [5.74, 6) is -1.87. The molecule has 1 N–H and O–H groups in total. The van der Waals surface area contributed by atoms with Crippen LogP contribution in [0.1, 0.15) is 37.7 Å². The summed E-state index contributed by atoms with van der Waals surface area (Å²) in [5.41, 5.74) is 1.54. The Morgan fingerprint density at radius 1 is 1.25 bits per heavy atom. The third-order valence-electron chi connectivity index (χ3n) is 6.56. The number of pyridine rings is 1. The number of likely N-dealkylation sites (tertiary alicyclic amines) is 2. The van der Waals surface area contributed by atoms with Gasteiger partial charge in [0, 0.05) is 50.5 Å². The topological polar surface area (TPSA) is 83.0 Å². The van der Waals surface area contributed by atoms with E-state index < -0.39 is 12.1 Å². The van der Waals surface area contributed by atoms with Gasteiger partial charge in [-0.05, 0) is 43.2 Å². The lowest BCUT2D eigenvalue weighted by Gasteiger charge is -2.29. The van der Waals surface area contributed by atoms with Gasteiger partial charge >= 0.3 is 12.1 Å². The van der Waals surface area contributed by atoms with Crippen molar-refractivity contribution in [1.82, 2.24) is 14.8 Å². The number of amides is 1. The molecular weight excluding hydrogens is 427 g/mol. The van der Waals surface area contributed by atoms with E-state index in [1.165, 1.54) is 24.8 Å². The molecule has 1 amide bonds. The van der Waals surface area contributed by atoms with Gasteiger partial charge in [0.2, 0.25) is 5.91 Å². The predicted molar refractivity (Wildman–Crippen MR) is 110 cm³/mol. The third kappa shape index (κ3) is 6.41. The van der Waals surface area contributed by atoms with Gasteiger partial charge in [0.05, 0.1) is 6.61 Å². The molecule has 2 aliphatic heterocycles. The number of nitrogens with zero attached hydrogens (tertiary/aromatic N) is 3. The molecule has 0 bridgehead atoms. The summed E-state index contributed by atoms with van der Waals surface area (Å²) in [6.45, 7) is 6.03. The molecule has 0 radical (unpaired) electrons. The highest BCUT2D eigenvalue weighted by Crippen LogP contribution is 2.49. The van der Waals surface area contributed by atoms with Crippen LogP contribution in [-0.2, 0) is 20.9 Å². The fourth-order valence-corrected chi connectivity index (χ4v) is 5.03. The van der Waals surface area contributed by atoms with Crippen LogP contribution in [0.3, 0.4) is 0 Å². The summed E-state index contributed by atoms with van der Waals surface area (Å²) in [6.07, 6.45) is 4.82. The molecule has 32 heavy (non-hydrogen) atoms. The Morgan fingerprint density at radius 2 is 1.97 bits per heavy atom. The summed E-state index contributed by atoms with van der Waals surface area (Å²) >= 11 is 0. The number of rotatable bonds is 6. The second-order valence-electron chi connectivity index (χ2n) is 8.87. The lowest BCUT2D eigenvalue weighted by atomic mass is 9.81. The van der Waals surface area contributed by atoms with Crippen molar-refractivity contribution < 1.29 is 32.6 Å². The van der Waals surface area contributed by atoms with E-state index in [4.69, 9.17) is 14.6 Å². The maximum atomic E-state index is 12.2. The van der Waals surface area contributed by atoms with Crippen molar-refractivity contribution in [3.63, 3.8) is 0 Å². The number of hydrogen-bond donors (Lipinski definition) is 1. The van der Waals surface area contributed by atoms with E-state index in [9.17, 15) is 18.0 Å². The zero-order chi connectivity index (χ0) is 23.2. The Bertz CT molecular complexity index is 771. The highest BCUT2D eigenvalue weighted by atomic mass is 19.4. The van der Waals surface area contributed by atoms with Crippen molar-refractivity contribution in [2.75, 3.05) is 39.4 Å². The quantitative estimate of drug-likeness (QED) is 0.707. The maximum Gasteiger partial charge on any atom is 0.490 e. The number of carboxylic acid groups (broad SMARTS) is 1. The molecule has 3 fully saturated rings. The molecule has 0 spiro atoms. The molecule has 4 rings (SSSR count). The van der Waals surface area contributed by atoms with Crippen LogP contribution >= 0.6 is 0 Å². The smallest absolute Gasteiger partial charge is 0.475 e. The standard InChI is InChI=1S/C20H29N3O2.C2HF3O2/c24-19(23-9-1-2-10-23)14-25-16-20-7-3-6-18(20)13-22(15-20)12-17-5-4-8-21-11-17;3-2(4,5)1(6)7/h4-5,8,11,18H,1-3,6-7,9-10,12-16H2;(H,6,7)/t18-,20+;/m1./s1. The van der Waals surface area contributed by atoms with Gasteiger partial charge in [-0.1, -0.05) is 12.5 Å². The van der Waals surface area contributed by atoms with Gasteiger partial charge in [-0.2, -0.15) is 13.2 Å². The zero-order valence-electron chi connectivity index (χ0n) is 18.0. The Kier molecular flexibility index (Phi) is 8.10. The number of carbonyl (C=O) groups excluding carboxylic acids is 1. The minimum atomic E-state index is -5.08. The van der Waals surface area contributed by atoms with E-state index >= 15 is 0 Å². The summed E-state index contributed by atoms with van der Waals surface area (Å²) in [5, 5.41) is 7.12. The Balaban J connectivity index is 0.000000360. The molecule has 10 heteroatoms. The molecule has 7 nitrogen and oxygen atoms in total. The van der Waals surface area contributed by atoms with Gasteiger partial charge in [0.15, 0.2) is 0 Å². The molecule has 0 unspecified atom stereocenters. The number of alkyl halides is 3. The van der Waals surface area contributed by atoms with Crippen LogP contribution in [-0.4, -0.2) is 77.3 Å². The first-order valence-corrected chi connectivity index (χ1v) is 11.0. The molecule has 3 aliphatic rings. The highest BCUT2D eigenvalue weighted by molar-refractivity contribution is 5.77. The van der Waals surface area contributed by atoms with E-state index in [0.717, 1.165) is 52.2 Å². The van der Waals surface area contributed by atoms with Gasteiger partial charge in [0.1, 0.15) is 6.61 Å². The van der Waals surface area contributed by atoms with Gasteiger partial charge in [0.25, 0.3) is 0 Å². The number of hydrogen-bond acceptors (Lipinski definition) is 5. The minimum absolute atomic E-state index is 0.175. The van der Waals surface area contributed by atoms with Gasteiger partial charge < -0.3 is 14.7 Å². The van der Waals surface area contributed by atoms with Gasteiger partial charge in [-0.3, -0.25) is 14.7 Å². The van der Waals surface area contributed by atoms with Crippen molar-refractivity contribution in [3.8, 4) is 0 Å². The van der Waals surface area contributed by atoms with Crippen molar-refractivity contribution in [1.29, 1.82) is 0 Å². The SMILES string of the molecule is O=C(COC[C@@]12CCC[C@@H]1CN(Cc1cccnc1)C2)N1CCCC1.O=C(O)C(F)(F)F. The zero-order valence-corrected chi connectivity index (χ0v) is 18.0. The summed E-state index contributed by atoms with van der Waals surface area (Å²) in [7, 11) is 0. The largest absolute Gasteiger partial charge is 0.490 e. The second kappa shape index (κ2) is 10.6. The van der Waals surface area contributed by atoms with Crippen molar-refractivity contribution >= 4 is 11.9 Å². The van der Waals surface area contributed by atoms with E-state index in [0.29, 0.717) is 5.92 Å². The normalized spacial score (nSPS) is 25.3. The first-order chi connectivity index (χ1) is 15.2. The molecular formula is C22H30F3N3O4. The molecule has 2 saturated heterocycles. The molecule has 1 aromatic heterocycles. The van der Waals surface area contributed by atoms with Gasteiger partial charge in [-0.15, -0.1) is 0 Å². The number of aromatic nitrogens is 1. The summed E-state index contributed by atoms with van der Waals surface area (Å²) in [4.78, 5) is 29.8. The molecule has 1 aromatic rings. The molecule has 1 saturated carbocycles. The van der Waals surface area contributed by atoms with Crippen LogP contribution < -0.4 is 0 Å². The summed E-state index contributed by atoms with van der Waals surface area (Å²) in [6, 6.07) is 4.16. The fourth-order valence-electron chi connectivity index (χ4n) is 5.03. The van der Waals surface area contributed by atoms with Crippen LogP contribution in [0.2, 0.25) is 0 Å². The molecule has 0 aromatic carbocycles. The van der Waals surface area contributed by atoms with Crippen LogP contribution in [0.15, 0.2) is 24.5 Å². The lowest BCUT2D eigenvalue weighted by molar-refractivity contribution is -0.192. The first kappa shape index (κ1) is 24.4. The van der Waals surface area contributed by atoms with Gasteiger partial charge in [-0.25, -0.2) is 4.79 Å². The van der Waals surface area contributed by atoms with Crippen LogP contribution in [0.4, 0.5) is 13.2 Å². The Hall–Kier alpha value is -2.20. The third-order valence-corrected chi connectivity index (χ3v) is 6.56. The highest BCUT2D eigenvalue weighted by Gasteiger charge is 2.49. The lowest BCUT2D eigenvalue weighted by Crippen LogP contribution is -2.36. The van der Waals surface area contributed by atoms with E-state index in [-0.39, 0.29) is 17.9 Å². The van der Waals surface area contributed by atoms with Crippen molar-refractivity contribution in [2.45, 2.75) is 44.8 Å². The van der Waals surface area contributed by atoms with E-state index in [1.807, 2.05) is 23.4 Å². The van der Waals surface area contributed by atoms with E-state index in [1.54, 1.807) is 0 Å². The Labute approximate surface area is 185 Å². The van der Waals surface area contributed by atoms with Crippen molar-refractivity contribution in [2.24, 2.45) is 11.3 Å². The molecule has 2 atom stereocenters. The predicted octanol–water partition coefficient (Wildman–Crippen LogP) is 2.96. The average molecular weight is 457 g/mol. The fraction of sp³-hybridized carbons (Fsp3) is 0.682. The number of halogens is 3. The van der Waals surface area contributed by atoms with Crippen LogP contribution in [0.5, 0.6) is 0 Å². The minimum Gasteiger partial charge on any atom is -0.475 e. The number of fused-ring (bicyclic) bond motifs is 1. The van der Waals surface area contributed by atoms with E-state index in [2.05, 4.69) is 16.0 Å². The molecule has 1 aliphatic carbocycles. The number of ether oxygens (including phenoxy) is 1. The summed E-state index contributed by atoms with van der Waals surface area (Å²) < 4.78 is 37.7. The molecule has 3 heterocycles. The first-order valence-electron chi connectivity index (χ1n) is 11.0. The van der Waals surface area contributed by atoms with Crippen LogP contribution in [0.25, 0.3) is 0 Å². The number of carboxylic acids is 1. The van der Waals surface area contributed by atoms with Crippen LogP contribution in [0, 0.1) is 11.3 Å². The second-order valence-corrected chi connectivity index (χ2v) is 8.87. The number of aliphatic carboxylic acids is 1. The number of carbonyl (C=O) groups is 2. The van der Waals surface area contributed by atoms with Crippen molar-refractivity contribution in [3.05, 3.63) is 30.1 Å². The maximum absolute atomic E-state index is 12.2. The monoisotopic (exact) mass is 457 g/mol. The molecule has 178 valence electrons. The Morgan fingerprint density at radius 3 is 2.59 bits per heavy atom. The average Bonchev–Trinajstić information content (AvgIpc) is 3.45.